The lowest BCUT2D eigenvalue weighted by Gasteiger charge is -2.09. The summed E-state index contributed by atoms with van der Waals surface area (Å²) >= 11 is 12.4. The molecule has 8 heteroatoms. The van der Waals surface area contributed by atoms with E-state index >= 15 is 0 Å². The Bertz CT molecular complexity index is 1290. The molecule has 0 bridgehead atoms. The molecule has 0 aliphatic rings. The van der Waals surface area contributed by atoms with Crippen molar-refractivity contribution in [2.45, 2.75) is 33.1 Å². The number of fused-ring (bicyclic) bond motifs is 1. The Kier molecular flexibility index (Phi) is 7.16. The highest BCUT2D eigenvalue weighted by Gasteiger charge is 2.12. The molecular formula is C25H24Cl2N4O2. The van der Waals surface area contributed by atoms with Crippen LogP contribution in [0.15, 0.2) is 54.6 Å². The summed E-state index contributed by atoms with van der Waals surface area (Å²) in [6.45, 7) is 3.90. The van der Waals surface area contributed by atoms with Crippen LogP contribution in [-0.2, 0) is 11.2 Å². The highest BCUT2D eigenvalue weighted by atomic mass is 35.5. The molecule has 1 heterocycles. The van der Waals surface area contributed by atoms with Gasteiger partial charge in [-0.05, 0) is 73.4 Å². The van der Waals surface area contributed by atoms with Crippen LogP contribution >= 0.6 is 23.2 Å². The molecule has 3 aromatic carbocycles. The zero-order chi connectivity index (χ0) is 23.4. The standard InChI is InChI=1S/C25H24Cl2N4O2/c1-3-4-5-17-6-8-18(9-7-17)31-29-23-13-21(27)22(14-24(23)30-31)28-25(32)15-33-19-10-11-20(26)16(2)12-19/h6-14H,3-5,15H2,1-2H3,(H,28,32). The molecule has 33 heavy (non-hydrogen) atoms. The average Bonchev–Trinajstić information content (AvgIpc) is 3.21. The van der Waals surface area contributed by atoms with Crippen molar-refractivity contribution in [2.24, 2.45) is 0 Å². The van der Waals surface area contributed by atoms with Crippen molar-refractivity contribution < 1.29 is 9.53 Å². The molecule has 0 saturated heterocycles. The number of nitrogens with zero attached hydrogens (tertiary/aromatic N) is 3. The van der Waals surface area contributed by atoms with Crippen LogP contribution in [-0.4, -0.2) is 27.5 Å². The largest absolute Gasteiger partial charge is 0.484 e. The summed E-state index contributed by atoms with van der Waals surface area (Å²) < 4.78 is 5.55. The van der Waals surface area contributed by atoms with Gasteiger partial charge in [0.25, 0.3) is 5.91 Å². The number of nitrogens with one attached hydrogen (secondary N) is 1. The van der Waals surface area contributed by atoms with Crippen molar-refractivity contribution in [2.75, 3.05) is 11.9 Å². The molecule has 0 saturated carbocycles. The van der Waals surface area contributed by atoms with Gasteiger partial charge >= 0.3 is 0 Å². The number of unbranched alkanes of at least 4 members (excludes halogenated alkanes) is 1. The molecule has 0 aliphatic heterocycles. The smallest absolute Gasteiger partial charge is 0.262 e. The van der Waals surface area contributed by atoms with Crippen LogP contribution in [0.5, 0.6) is 5.75 Å². The summed E-state index contributed by atoms with van der Waals surface area (Å²) in [6, 6.07) is 16.8. The minimum Gasteiger partial charge on any atom is -0.484 e. The number of carbonyl (C=O) groups is 1. The number of amides is 1. The molecule has 4 aromatic rings. The van der Waals surface area contributed by atoms with Gasteiger partial charge in [0, 0.05) is 5.02 Å². The van der Waals surface area contributed by atoms with Gasteiger partial charge < -0.3 is 10.1 Å². The van der Waals surface area contributed by atoms with E-state index < -0.39 is 0 Å². The lowest BCUT2D eigenvalue weighted by atomic mass is 10.1. The first-order valence-corrected chi connectivity index (χ1v) is 11.5. The van der Waals surface area contributed by atoms with E-state index in [9.17, 15) is 4.79 Å². The van der Waals surface area contributed by atoms with Gasteiger partial charge in [-0.1, -0.05) is 48.7 Å². The molecule has 0 atom stereocenters. The molecule has 0 aliphatic carbocycles. The van der Waals surface area contributed by atoms with Gasteiger partial charge in [-0.3, -0.25) is 4.79 Å². The van der Waals surface area contributed by atoms with E-state index in [0.717, 1.165) is 17.7 Å². The van der Waals surface area contributed by atoms with Crippen LogP contribution in [0.3, 0.4) is 0 Å². The van der Waals surface area contributed by atoms with E-state index in [1.54, 1.807) is 35.1 Å². The number of hydrogen-bond acceptors (Lipinski definition) is 4. The summed E-state index contributed by atoms with van der Waals surface area (Å²) in [5.41, 5.74) is 4.75. The maximum absolute atomic E-state index is 12.4. The maximum atomic E-state index is 12.4. The number of aromatic nitrogens is 3. The monoisotopic (exact) mass is 482 g/mol. The number of benzene rings is 3. The number of carbonyl (C=O) groups excluding carboxylic acids is 1. The second kappa shape index (κ2) is 10.2. The number of anilines is 1. The van der Waals surface area contributed by atoms with Crippen molar-refractivity contribution in [3.05, 3.63) is 75.8 Å². The summed E-state index contributed by atoms with van der Waals surface area (Å²) in [5, 5.41) is 12.9. The SMILES string of the molecule is CCCCc1ccc(-n2nc3cc(Cl)c(NC(=O)COc4ccc(Cl)c(C)c4)cc3n2)cc1. The molecule has 170 valence electrons. The Morgan fingerprint density at radius 3 is 2.42 bits per heavy atom. The minimum absolute atomic E-state index is 0.160. The number of halogens is 2. The van der Waals surface area contributed by atoms with Gasteiger partial charge in [-0.2, -0.15) is 4.80 Å². The lowest BCUT2D eigenvalue weighted by Crippen LogP contribution is -2.20. The zero-order valence-electron chi connectivity index (χ0n) is 18.4. The number of aryl methyl sites for hydroxylation is 2. The Hall–Kier alpha value is -3.09. The summed E-state index contributed by atoms with van der Waals surface area (Å²) in [6.07, 6.45) is 3.40. The van der Waals surface area contributed by atoms with E-state index in [1.807, 2.05) is 19.1 Å². The van der Waals surface area contributed by atoms with E-state index in [1.165, 1.54) is 18.4 Å². The van der Waals surface area contributed by atoms with Crippen molar-refractivity contribution in [1.29, 1.82) is 0 Å². The highest BCUT2D eigenvalue weighted by Crippen LogP contribution is 2.27. The Balaban J connectivity index is 1.45. The van der Waals surface area contributed by atoms with E-state index in [2.05, 4.69) is 34.6 Å². The van der Waals surface area contributed by atoms with Gasteiger partial charge in [0.2, 0.25) is 0 Å². The average molecular weight is 483 g/mol. The second-order valence-corrected chi connectivity index (χ2v) is 8.64. The first-order valence-electron chi connectivity index (χ1n) is 10.8. The van der Waals surface area contributed by atoms with Crippen molar-refractivity contribution in [3.8, 4) is 11.4 Å². The zero-order valence-corrected chi connectivity index (χ0v) is 20.0. The fraction of sp³-hybridized carbons (Fsp3) is 0.240. The highest BCUT2D eigenvalue weighted by molar-refractivity contribution is 6.34. The summed E-state index contributed by atoms with van der Waals surface area (Å²) in [5.74, 6) is 0.233. The predicted molar refractivity (Wildman–Crippen MR) is 133 cm³/mol. The predicted octanol–water partition coefficient (Wildman–Crippen LogP) is 6.40. The molecule has 0 unspecified atom stereocenters. The quantitative estimate of drug-likeness (QED) is 0.315. The number of ether oxygens (including phenoxy) is 1. The Morgan fingerprint density at radius 1 is 1.00 bits per heavy atom. The van der Waals surface area contributed by atoms with Crippen LogP contribution in [0.4, 0.5) is 5.69 Å². The molecule has 6 nitrogen and oxygen atoms in total. The summed E-state index contributed by atoms with van der Waals surface area (Å²) in [7, 11) is 0. The molecule has 1 N–H and O–H groups in total. The van der Waals surface area contributed by atoms with Gasteiger partial charge in [0.15, 0.2) is 6.61 Å². The Labute approximate surface area is 202 Å². The molecule has 0 spiro atoms. The van der Waals surface area contributed by atoms with Crippen LogP contribution in [0.2, 0.25) is 10.0 Å². The van der Waals surface area contributed by atoms with Gasteiger partial charge in [0.05, 0.1) is 16.4 Å². The normalized spacial score (nSPS) is 11.0. The van der Waals surface area contributed by atoms with Gasteiger partial charge in [-0.25, -0.2) is 0 Å². The van der Waals surface area contributed by atoms with E-state index in [-0.39, 0.29) is 12.5 Å². The van der Waals surface area contributed by atoms with Crippen LogP contribution in [0.25, 0.3) is 16.7 Å². The van der Waals surface area contributed by atoms with E-state index in [4.69, 9.17) is 27.9 Å². The third-order valence-electron chi connectivity index (χ3n) is 5.23. The van der Waals surface area contributed by atoms with Crippen LogP contribution in [0, 0.1) is 6.92 Å². The number of hydrogen-bond donors (Lipinski definition) is 1. The maximum Gasteiger partial charge on any atom is 0.262 e. The molecule has 1 amide bonds. The fourth-order valence-electron chi connectivity index (χ4n) is 3.37. The van der Waals surface area contributed by atoms with Gasteiger partial charge in [0.1, 0.15) is 16.8 Å². The fourth-order valence-corrected chi connectivity index (χ4v) is 3.69. The van der Waals surface area contributed by atoms with Crippen molar-refractivity contribution >= 4 is 45.8 Å². The van der Waals surface area contributed by atoms with Crippen LogP contribution < -0.4 is 10.1 Å². The topological polar surface area (TPSA) is 69.0 Å². The molecule has 0 radical (unpaired) electrons. The second-order valence-electron chi connectivity index (χ2n) is 7.83. The lowest BCUT2D eigenvalue weighted by molar-refractivity contribution is -0.118. The minimum atomic E-state index is -0.334. The molecule has 1 aromatic heterocycles. The first kappa shape index (κ1) is 23.1. The van der Waals surface area contributed by atoms with Crippen molar-refractivity contribution in [1.82, 2.24) is 15.0 Å². The first-order chi connectivity index (χ1) is 15.9. The van der Waals surface area contributed by atoms with Crippen LogP contribution in [0.1, 0.15) is 30.9 Å². The molecular weight excluding hydrogens is 459 g/mol. The Morgan fingerprint density at radius 2 is 1.73 bits per heavy atom. The molecule has 4 rings (SSSR count). The van der Waals surface area contributed by atoms with Crippen molar-refractivity contribution in [3.63, 3.8) is 0 Å². The third kappa shape index (κ3) is 5.64. The third-order valence-corrected chi connectivity index (χ3v) is 5.97. The van der Waals surface area contributed by atoms with Gasteiger partial charge in [-0.15, -0.1) is 10.2 Å². The summed E-state index contributed by atoms with van der Waals surface area (Å²) in [4.78, 5) is 14.0. The van der Waals surface area contributed by atoms with E-state index in [0.29, 0.717) is 32.5 Å². The number of rotatable bonds is 8. The molecule has 0 fully saturated rings.